The monoisotopic (exact) mass is 152 g/mol. The van der Waals surface area contributed by atoms with Crippen LogP contribution in [0, 0.1) is 0 Å². The highest BCUT2D eigenvalue weighted by atomic mass is 16.5. The first kappa shape index (κ1) is 8.05. The average Bonchev–Trinajstić information content (AvgIpc) is 2.35. The van der Waals surface area contributed by atoms with Gasteiger partial charge in [0.1, 0.15) is 5.76 Å². The van der Waals surface area contributed by atoms with Crippen LogP contribution in [0.25, 0.3) is 0 Å². The number of hydrogen-bond donors (Lipinski definition) is 0. The van der Waals surface area contributed by atoms with Crippen molar-refractivity contribution in [3.05, 3.63) is 24.0 Å². The summed E-state index contributed by atoms with van der Waals surface area (Å²) < 4.78 is 4.83. The molecule has 60 valence electrons. The molecular formula is C9H12O2. The number of allylic oxidation sites excluding steroid dienone is 2. The van der Waals surface area contributed by atoms with Crippen LogP contribution in [-0.2, 0) is 9.53 Å². The van der Waals surface area contributed by atoms with Gasteiger partial charge in [0, 0.05) is 6.92 Å². The minimum absolute atomic E-state index is 0.289. The van der Waals surface area contributed by atoms with Crippen molar-refractivity contribution >= 4 is 5.97 Å². The van der Waals surface area contributed by atoms with Gasteiger partial charge in [-0.1, -0.05) is 12.7 Å². The third kappa shape index (κ3) is 2.22. The second-order valence-electron chi connectivity index (χ2n) is 2.64. The van der Waals surface area contributed by atoms with Gasteiger partial charge in [0.25, 0.3) is 0 Å². The SMILES string of the molecule is C=C(OC(C)=O)C1=CCCC1. The predicted molar refractivity (Wildman–Crippen MR) is 42.8 cm³/mol. The van der Waals surface area contributed by atoms with Crippen LogP contribution < -0.4 is 0 Å². The van der Waals surface area contributed by atoms with E-state index in [0.29, 0.717) is 5.76 Å². The van der Waals surface area contributed by atoms with Gasteiger partial charge < -0.3 is 4.74 Å². The van der Waals surface area contributed by atoms with Gasteiger partial charge >= 0.3 is 5.97 Å². The van der Waals surface area contributed by atoms with E-state index in [1.807, 2.05) is 0 Å². The van der Waals surface area contributed by atoms with Gasteiger partial charge in [-0.15, -0.1) is 0 Å². The Kier molecular flexibility index (Phi) is 2.47. The van der Waals surface area contributed by atoms with Crippen molar-refractivity contribution in [2.24, 2.45) is 0 Å². The van der Waals surface area contributed by atoms with E-state index in [2.05, 4.69) is 12.7 Å². The zero-order valence-electron chi connectivity index (χ0n) is 6.72. The Bertz CT molecular complexity index is 214. The van der Waals surface area contributed by atoms with E-state index in [9.17, 15) is 4.79 Å². The molecule has 1 aliphatic rings. The van der Waals surface area contributed by atoms with Crippen LogP contribution in [-0.4, -0.2) is 5.97 Å². The Hall–Kier alpha value is -1.05. The van der Waals surface area contributed by atoms with Crippen LogP contribution in [0.1, 0.15) is 26.2 Å². The van der Waals surface area contributed by atoms with Crippen LogP contribution in [0.4, 0.5) is 0 Å². The van der Waals surface area contributed by atoms with E-state index in [-0.39, 0.29) is 5.97 Å². The second kappa shape index (κ2) is 3.37. The van der Waals surface area contributed by atoms with Crippen molar-refractivity contribution in [3.63, 3.8) is 0 Å². The lowest BCUT2D eigenvalue weighted by atomic mass is 10.2. The highest BCUT2D eigenvalue weighted by Crippen LogP contribution is 2.23. The molecule has 0 saturated carbocycles. The number of rotatable bonds is 2. The maximum Gasteiger partial charge on any atom is 0.308 e. The Morgan fingerprint density at radius 2 is 2.45 bits per heavy atom. The standard InChI is InChI=1S/C9H12O2/c1-7(11-8(2)10)9-5-3-4-6-9/h5H,1,3-4,6H2,2H3. The maximum atomic E-state index is 10.5. The molecule has 0 N–H and O–H groups in total. The molecule has 0 bridgehead atoms. The number of esters is 1. The fraction of sp³-hybridized carbons (Fsp3) is 0.444. The molecule has 0 aromatic heterocycles. The van der Waals surface area contributed by atoms with Crippen molar-refractivity contribution in [1.29, 1.82) is 0 Å². The zero-order chi connectivity index (χ0) is 8.27. The van der Waals surface area contributed by atoms with Crippen molar-refractivity contribution in [3.8, 4) is 0 Å². The molecule has 2 heteroatoms. The van der Waals surface area contributed by atoms with Crippen LogP contribution >= 0.6 is 0 Å². The van der Waals surface area contributed by atoms with E-state index in [4.69, 9.17) is 4.74 Å². The lowest BCUT2D eigenvalue weighted by Gasteiger charge is -2.04. The number of carbonyl (C=O) groups is 1. The van der Waals surface area contributed by atoms with Crippen molar-refractivity contribution in [2.45, 2.75) is 26.2 Å². The predicted octanol–water partition coefficient (Wildman–Crippen LogP) is 2.17. The fourth-order valence-electron chi connectivity index (χ4n) is 1.16. The third-order valence-electron chi connectivity index (χ3n) is 1.67. The molecule has 2 nitrogen and oxygen atoms in total. The molecule has 11 heavy (non-hydrogen) atoms. The summed E-state index contributed by atoms with van der Waals surface area (Å²) in [5, 5.41) is 0. The van der Waals surface area contributed by atoms with E-state index < -0.39 is 0 Å². The lowest BCUT2D eigenvalue weighted by Crippen LogP contribution is -1.98. The smallest absolute Gasteiger partial charge is 0.308 e. The van der Waals surface area contributed by atoms with E-state index >= 15 is 0 Å². The molecule has 0 atom stereocenters. The minimum atomic E-state index is -0.289. The van der Waals surface area contributed by atoms with E-state index in [1.165, 1.54) is 6.92 Å². The second-order valence-corrected chi connectivity index (χ2v) is 2.64. The molecule has 1 rings (SSSR count). The summed E-state index contributed by atoms with van der Waals surface area (Å²) in [5.74, 6) is 0.234. The Morgan fingerprint density at radius 1 is 1.73 bits per heavy atom. The van der Waals surface area contributed by atoms with E-state index in [1.54, 1.807) is 0 Å². The molecule has 0 aromatic carbocycles. The Morgan fingerprint density at radius 3 is 2.91 bits per heavy atom. The van der Waals surface area contributed by atoms with Gasteiger partial charge in [-0.2, -0.15) is 0 Å². The summed E-state index contributed by atoms with van der Waals surface area (Å²) >= 11 is 0. The number of ether oxygens (including phenoxy) is 1. The minimum Gasteiger partial charge on any atom is -0.427 e. The molecule has 1 aliphatic carbocycles. The van der Waals surface area contributed by atoms with Crippen LogP contribution in [0.15, 0.2) is 24.0 Å². The molecule has 0 saturated heterocycles. The van der Waals surface area contributed by atoms with Crippen molar-refractivity contribution in [1.82, 2.24) is 0 Å². The Balaban J connectivity index is 2.47. The summed E-state index contributed by atoms with van der Waals surface area (Å²) in [6.45, 7) is 5.06. The molecule has 0 fully saturated rings. The highest BCUT2D eigenvalue weighted by Gasteiger charge is 2.10. The summed E-state index contributed by atoms with van der Waals surface area (Å²) in [6.07, 6.45) is 5.29. The summed E-state index contributed by atoms with van der Waals surface area (Å²) in [6, 6.07) is 0. The Labute approximate surface area is 66.5 Å². The summed E-state index contributed by atoms with van der Waals surface area (Å²) in [7, 11) is 0. The first-order valence-corrected chi connectivity index (χ1v) is 3.77. The third-order valence-corrected chi connectivity index (χ3v) is 1.67. The molecule has 0 aliphatic heterocycles. The molecule has 0 radical (unpaired) electrons. The van der Waals surface area contributed by atoms with Gasteiger partial charge in [0.05, 0.1) is 0 Å². The van der Waals surface area contributed by atoms with Gasteiger partial charge in [0.15, 0.2) is 0 Å². The lowest BCUT2D eigenvalue weighted by molar-refractivity contribution is -0.136. The van der Waals surface area contributed by atoms with Gasteiger partial charge in [-0.05, 0) is 24.8 Å². The zero-order valence-corrected chi connectivity index (χ0v) is 6.72. The summed E-state index contributed by atoms with van der Waals surface area (Å²) in [5.41, 5.74) is 1.08. The van der Waals surface area contributed by atoms with Gasteiger partial charge in [0.2, 0.25) is 0 Å². The van der Waals surface area contributed by atoms with Crippen LogP contribution in [0.5, 0.6) is 0 Å². The normalized spacial score (nSPS) is 15.9. The number of hydrogen-bond acceptors (Lipinski definition) is 2. The van der Waals surface area contributed by atoms with Crippen LogP contribution in [0.3, 0.4) is 0 Å². The first-order chi connectivity index (χ1) is 5.20. The van der Waals surface area contributed by atoms with Crippen molar-refractivity contribution < 1.29 is 9.53 Å². The molecule has 0 aromatic rings. The quantitative estimate of drug-likeness (QED) is 0.447. The highest BCUT2D eigenvalue weighted by molar-refractivity contribution is 5.68. The molecule has 0 amide bonds. The topological polar surface area (TPSA) is 26.3 Å². The van der Waals surface area contributed by atoms with Crippen LogP contribution in [0.2, 0.25) is 0 Å². The molecular weight excluding hydrogens is 140 g/mol. The van der Waals surface area contributed by atoms with Crippen molar-refractivity contribution in [2.75, 3.05) is 0 Å². The fourth-order valence-corrected chi connectivity index (χ4v) is 1.16. The molecule has 0 spiro atoms. The largest absolute Gasteiger partial charge is 0.427 e. The van der Waals surface area contributed by atoms with Gasteiger partial charge in [-0.25, -0.2) is 0 Å². The van der Waals surface area contributed by atoms with E-state index in [0.717, 1.165) is 24.8 Å². The maximum absolute atomic E-state index is 10.5. The molecule has 0 heterocycles. The van der Waals surface area contributed by atoms with Gasteiger partial charge in [-0.3, -0.25) is 4.79 Å². The average molecular weight is 152 g/mol. The summed E-state index contributed by atoms with van der Waals surface area (Å²) in [4.78, 5) is 10.5. The first-order valence-electron chi connectivity index (χ1n) is 3.77. The number of carbonyl (C=O) groups excluding carboxylic acids is 1. The molecule has 0 unspecified atom stereocenters.